The van der Waals surface area contributed by atoms with E-state index in [2.05, 4.69) is 32.7 Å². The van der Waals surface area contributed by atoms with Gasteiger partial charge in [0.15, 0.2) is 0 Å². The summed E-state index contributed by atoms with van der Waals surface area (Å²) in [6.07, 6.45) is 3.89. The summed E-state index contributed by atoms with van der Waals surface area (Å²) < 4.78 is 19.2. The second kappa shape index (κ2) is 11.7. The predicted molar refractivity (Wildman–Crippen MR) is 152 cm³/mol. The van der Waals surface area contributed by atoms with Crippen LogP contribution in [0.15, 0.2) is 101 Å². The first-order valence-corrected chi connectivity index (χ1v) is 13.8. The molecule has 1 atom stereocenters. The number of carbonyl (C=O) groups is 1. The largest absolute Gasteiger partial charge is 0.487 e. The lowest BCUT2D eigenvalue weighted by Gasteiger charge is -2.28. The van der Waals surface area contributed by atoms with Crippen molar-refractivity contribution in [2.75, 3.05) is 11.1 Å². The van der Waals surface area contributed by atoms with Gasteiger partial charge in [-0.05, 0) is 52.9 Å². The van der Waals surface area contributed by atoms with Gasteiger partial charge in [-0.1, -0.05) is 54.1 Å². The number of aliphatic carboxylic acids is 1. The highest BCUT2D eigenvalue weighted by atomic mass is 35.5. The van der Waals surface area contributed by atoms with Crippen LogP contribution in [0.3, 0.4) is 0 Å². The Kier molecular flexibility index (Phi) is 7.91. The number of fused-ring (bicyclic) bond motifs is 1. The summed E-state index contributed by atoms with van der Waals surface area (Å²) in [5, 5.41) is 15.1. The Hall–Kier alpha value is -3.88. The van der Waals surface area contributed by atoms with Crippen LogP contribution in [0.5, 0.6) is 5.75 Å². The third kappa shape index (κ3) is 6.15. The van der Waals surface area contributed by atoms with Crippen LogP contribution in [0.2, 0.25) is 5.02 Å². The number of hydrogen-bond acceptors (Lipinski definition) is 5. The van der Waals surface area contributed by atoms with Crippen molar-refractivity contribution in [1.29, 1.82) is 0 Å². The second-order valence-electron chi connectivity index (χ2n) is 8.69. The minimum Gasteiger partial charge on any atom is -0.487 e. The van der Waals surface area contributed by atoms with Gasteiger partial charge in [0.05, 0.1) is 22.8 Å². The SMILES string of the molecule is O=C(O)CCS1=C2C(=C(Nc3ccc(OCc4cccc(F)c4)c(Cl)c3)N=CN2Cc2ccccc2)C=C1. The highest BCUT2D eigenvalue weighted by molar-refractivity contribution is 8.19. The number of benzene rings is 3. The summed E-state index contributed by atoms with van der Waals surface area (Å²) in [5.41, 5.74) is 3.51. The molecule has 0 aromatic heterocycles. The van der Waals surface area contributed by atoms with Gasteiger partial charge >= 0.3 is 5.97 Å². The van der Waals surface area contributed by atoms with Gasteiger partial charge in [0.25, 0.3) is 0 Å². The number of anilines is 1. The van der Waals surface area contributed by atoms with Crippen LogP contribution in [0.25, 0.3) is 0 Å². The Morgan fingerprint density at radius 3 is 2.66 bits per heavy atom. The zero-order valence-electron chi connectivity index (χ0n) is 20.3. The minimum atomic E-state index is -0.810. The van der Waals surface area contributed by atoms with Gasteiger partial charge in [0, 0.05) is 23.6 Å². The number of carboxylic acids is 1. The van der Waals surface area contributed by atoms with E-state index in [-0.39, 0.29) is 29.3 Å². The Morgan fingerprint density at radius 1 is 1.08 bits per heavy atom. The summed E-state index contributed by atoms with van der Waals surface area (Å²) in [4.78, 5) is 19.1. The minimum absolute atomic E-state index is 0.0933. The molecule has 0 radical (unpaired) electrons. The summed E-state index contributed by atoms with van der Waals surface area (Å²) in [7, 11) is -0.358. The third-order valence-electron chi connectivity index (χ3n) is 5.93. The van der Waals surface area contributed by atoms with Crippen molar-refractivity contribution in [3.8, 4) is 5.75 Å². The number of carboxylic acid groups (broad SMARTS) is 1. The molecule has 0 spiro atoms. The lowest BCUT2D eigenvalue weighted by molar-refractivity contribution is -0.136. The van der Waals surface area contributed by atoms with E-state index in [1.54, 1.807) is 30.6 Å². The van der Waals surface area contributed by atoms with Crippen molar-refractivity contribution in [3.63, 3.8) is 0 Å². The van der Waals surface area contributed by atoms with Crippen molar-refractivity contribution >= 4 is 45.1 Å². The van der Waals surface area contributed by atoms with Gasteiger partial charge in [-0.25, -0.2) is 9.38 Å². The third-order valence-corrected chi connectivity index (χ3v) is 8.28. The van der Waals surface area contributed by atoms with E-state index in [0.29, 0.717) is 34.5 Å². The Balaban J connectivity index is 1.35. The van der Waals surface area contributed by atoms with E-state index < -0.39 is 5.97 Å². The molecule has 2 N–H and O–H groups in total. The molecule has 0 saturated heterocycles. The van der Waals surface area contributed by atoms with E-state index in [4.69, 9.17) is 16.3 Å². The maximum atomic E-state index is 13.4. The highest BCUT2D eigenvalue weighted by Gasteiger charge is 2.26. The fourth-order valence-corrected chi connectivity index (χ4v) is 6.39. The number of ether oxygens (including phenoxy) is 1. The monoisotopic (exact) mass is 549 g/mol. The summed E-state index contributed by atoms with van der Waals surface area (Å²) in [5.74, 6) is 0.555. The lowest BCUT2D eigenvalue weighted by Crippen LogP contribution is -2.33. The Labute approximate surface area is 227 Å². The number of aliphatic imine (C=N–C) groups is 1. The number of nitrogens with zero attached hydrogens (tertiary/aromatic N) is 2. The van der Waals surface area contributed by atoms with Crippen LogP contribution in [-0.4, -0.2) is 33.1 Å². The highest BCUT2D eigenvalue weighted by Crippen LogP contribution is 2.36. The molecule has 2 aliphatic heterocycles. The van der Waals surface area contributed by atoms with Crippen LogP contribution in [-0.2, 0) is 17.9 Å². The van der Waals surface area contributed by atoms with Gasteiger partial charge in [-0.15, -0.1) is 10.5 Å². The molecule has 0 aliphatic carbocycles. The fraction of sp³-hybridized carbons (Fsp3) is 0.138. The topological polar surface area (TPSA) is 74.2 Å². The van der Waals surface area contributed by atoms with Crippen LogP contribution in [0.1, 0.15) is 17.5 Å². The second-order valence-corrected chi connectivity index (χ2v) is 11.0. The van der Waals surface area contributed by atoms with Gasteiger partial charge in [0.1, 0.15) is 24.0 Å². The van der Waals surface area contributed by atoms with E-state index in [9.17, 15) is 14.3 Å². The van der Waals surface area contributed by atoms with Crippen LogP contribution in [0.4, 0.5) is 10.1 Å². The first-order chi connectivity index (χ1) is 18.5. The van der Waals surface area contributed by atoms with Crippen LogP contribution >= 0.6 is 22.1 Å². The maximum Gasteiger partial charge on any atom is 0.304 e. The van der Waals surface area contributed by atoms with Crippen LogP contribution in [0, 0.1) is 5.82 Å². The molecular weight excluding hydrogens is 525 g/mol. The molecule has 2 heterocycles. The molecule has 0 saturated carbocycles. The summed E-state index contributed by atoms with van der Waals surface area (Å²) in [6, 6.07) is 21.7. The average Bonchev–Trinajstić information content (AvgIpc) is 3.34. The zero-order chi connectivity index (χ0) is 26.5. The molecule has 2 aliphatic rings. The molecule has 0 fully saturated rings. The van der Waals surface area contributed by atoms with E-state index >= 15 is 0 Å². The molecule has 6 nitrogen and oxygen atoms in total. The standard InChI is InChI=1S/C29H25ClFN3O3S/c30-25-16-23(9-10-26(25)37-18-21-7-4-8-22(31)15-21)33-28-24-11-13-38(14-12-27(35)36)29(24)34(19-32-28)17-20-5-2-1-3-6-20/h1-11,13,15-16,19,33H,12,14,17-18H2,(H,35,36). The molecule has 0 amide bonds. The Bertz CT molecular complexity index is 1490. The summed E-state index contributed by atoms with van der Waals surface area (Å²) in [6.45, 7) is 0.834. The van der Waals surface area contributed by atoms with E-state index in [1.807, 2.05) is 30.3 Å². The van der Waals surface area contributed by atoms with Crippen molar-refractivity contribution < 1.29 is 19.0 Å². The molecular formula is C29H25ClFN3O3S. The maximum absolute atomic E-state index is 13.4. The Morgan fingerprint density at radius 2 is 1.89 bits per heavy atom. The van der Waals surface area contributed by atoms with Crippen molar-refractivity contribution in [2.45, 2.75) is 19.6 Å². The fourth-order valence-electron chi connectivity index (χ4n) is 4.14. The van der Waals surface area contributed by atoms with Crippen molar-refractivity contribution in [3.05, 3.63) is 118 Å². The molecule has 5 rings (SSSR count). The van der Waals surface area contributed by atoms with Crippen LogP contribution < -0.4 is 10.1 Å². The molecule has 1 unspecified atom stereocenters. The first kappa shape index (κ1) is 25.8. The zero-order valence-corrected chi connectivity index (χ0v) is 21.9. The van der Waals surface area contributed by atoms with E-state index in [0.717, 1.165) is 21.8 Å². The number of halogens is 2. The van der Waals surface area contributed by atoms with Gasteiger partial charge in [-0.3, -0.25) is 4.79 Å². The molecule has 0 bridgehead atoms. The van der Waals surface area contributed by atoms with E-state index in [1.165, 1.54) is 12.1 Å². The molecule has 194 valence electrons. The lowest BCUT2D eigenvalue weighted by atomic mass is 10.1. The van der Waals surface area contributed by atoms with Gasteiger partial charge in [-0.2, -0.15) is 0 Å². The number of hydrogen-bond donors (Lipinski definition) is 2. The number of rotatable bonds is 10. The molecule has 38 heavy (non-hydrogen) atoms. The van der Waals surface area contributed by atoms with Crippen molar-refractivity contribution in [1.82, 2.24) is 4.90 Å². The van der Waals surface area contributed by atoms with Gasteiger partial charge in [0.2, 0.25) is 0 Å². The average molecular weight is 550 g/mol. The molecule has 9 heteroatoms. The first-order valence-electron chi connectivity index (χ1n) is 12.0. The number of nitrogens with one attached hydrogen (secondary N) is 1. The predicted octanol–water partition coefficient (Wildman–Crippen LogP) is 6.63. The molecule has 3 aromatic rings. The van der Waals surface area contributed by atoms with Gasteiger partial charge < -0.3 is 20.1 Å². The molecule has 3 aromatic carbocycles. The smallest absolute Gasteiger partial charge is 0.304 e. The summed E-state index contributed by atoms with van der Waals surface area (Å²) >= 11 is 6.49. The quantitative estimate of drug-likeness (QED) is 0.278. The van der Waals surface area contributed by atoms with Crippen molar-refractivity contribution in [2.24, 2.45) is 4.99 Å². The normalized spacial score (nSPS) is 16.1.